The summed E-state index contributed by atoms with van der Waals surface area (Å²) in [6, 6.07) is 15.1. The molecule has 1 aliphatic rings. The standard InChI is InChI=1S/C21H23N/c1-4-16(2)22(19-11-6-5-7-12-19)21-15-14-18-10-8-9-13-20(18)17(21)3/h4-8,10-12,14-15H,9,13H2,1-3H3/b16-4+. The van der Waals surface area contributed by atoms with Gasteiger partial charge in [-0.2, -0.15) is 0 Å². The fraction of sp³-hybridized carbons (Fsp3) is 0.238. The predicted octanol–water partition coefficient (Wildman–Crippen LogP) is 6.02. The lowest BCUT2D eigenvalue weighted by atomic mass is 9.91. The smallest absolute Gasteiger partial charge is 0.0490 e. The number of benzene rings is 2. The van der Waals surface area contributed by atoms with Gasteiger partial charge in [-0.15, -0.1) is 0 Å². The monoisotopic (exact) mass is 289 g/mol. The van der Waals surface area contributed by atoms with Crippen LogP contribution in [0.25, 0.3) is 6.08 Å². The maximum atomic E-state index is 2.36. The van der Waals surface area contributed by atoms with Crippen molar-refractivity contribution >= 4 is 17.5 Å². The number of para-hydroxylation sites is 1. The van der Waals surface area contributed by atoms with Gasteiger partial charge in [0.1, 0.15) is 0 Å². The zero-order valence-corrected chi connectivity index (χ0v) is 13.6. The molecule has 1 aliphatic carbocycles. The highest BCUT2D eigenvalue weighted by Crippen LogP contribution is 2.36. The minimum atomic E-state index is 1.14. The summed E-state index contributed by atoms with van der Waals surface area (Å²) in [5.74, 6) is 0. The molecule has 0 atom stereocenters. The van der Waals surface area contributed by atoms with Crippen molar-refractivity contribution in [1.82, 2.24) is 0 Å². The molecule has 1 nitrogen and oxygen atoms in total. The molecule has 0 saturated carbocycles. The van der Waals surface area contributed by atoms with E-state index in [0.29, 0.717) is 0 Å². The Labute approximate surface area is 133 Å². The number of hydrogen-bond acceptors (Lipinski definition) is 1. The van der Waals surface area contributed by atoms with Gasteiger partial charge < -0.3 is 4.90 Å². The highest BCUT2D eigenvalue weighted by molar-refractivity contribution is 5.74. The van der Waals surface area contributed by atoms with E-state index in [1.807, 2.05) is 0 Å². The van der Waals surface area contributed by atoms with Gasteiger partial charge in [0.2, 0.25) is 0 Å². The van der Waals surface area contributed by atoms with Crippen LogP contribution in [0.1, 0.15) is 37.0 Å². The van der Waals surface area contributed by atoms with Crippen molar-refractivity contribution in [1.29, 1.82) is 0 Å². The van der Waals surface area contributed by atoms with Crippen molar-refractivity contribution in [3.63, 3.8) is 0 Å². The van der Waals surface area contributed by atoms with E-state index in [0.717, 1.165) is 12.8 Å². The second-order valence-electron chi connectivity index (χ2n) is 5.82. The van der Waals surface area contributed by atoms with E-state index in [1.165, 1.54) is 33.8 Å². The molecule has 2 aromatic rings. The Kier molecular flexibility index (Phi) is 4.15. The van der Waals surface area contributed by atoms with Gasteiger partial charge >= 0.3 is 0 Å². The topological polar surface area (TPSA) is 3.24 Å². The second kappa shape index (κ2) is 6.23. The summed E-state index contributed by atoms with van der Waals surface area (Å²) < 4.78 is 0. The first-order valence-corrected chi connectivity index (χ1v) is 7.99. The summed E-state index contributed by atoms with van der Waals surface area (Å²) in [6.45, 7) is 6.53. The molecule has 0 saturated heterocycles. The van der Waals surface area contributed by atoms with Gasteiger partial charge in [0, 0.05) is 17.1 Å². The lowest BCUT2D eigenvalue weighted by Crippen LogP contribution is -2.16. The molecular formula is C21H23N. The first-order valence-electron chi connectivity index (χ1n) is 7.99. The Bertz CT molecular complexity index is 723. The van der Waals surface area contributed by atoms with Gasteiger partial charge in [0.15, 0.2) is 0 Å². The van der Waals surface area contributed by atoms with Crippen molar-refractivity contribution in [2.45, 2.75) is 33.6 Å². The normalized spacial score (nSPS) is 13.9. The minimum Gasteiger partial charge on any atom is -0.315 e. The summed E-state index contributed by atoms with van der Waals surface area (Å²) in [6.07, 6.45) is 8.98. The van der Waals surface area contributed by atoms with E-state index in [-0.39, 0.29) is 0 Å². The maximum absolute atomic E-state index is 2.36. The van der Waals surface area contributed by atoms with E-state index >= 15 is 0 Å². The Morgan fingerprint density at radius 1 is 1.09 bits per heavy atom. The van der Waals surface area contributed by atoms with E-state index in [4.69, 9.17) is 0 Å². The molecule has 0 heterocycles. The molecular weight excluding hydrogens is 266 g/mol. The lowest BCUT2D eigenvalue weighted by molar-refractivity contribution is 0.966. The van der Waals surface area contributed by atoms with E-state index in [2.05, 4.69) is 86.4 Å². The molecule has 3 rings (SSSR count). The second-order valence-corrected chi connectivity index (χ2v) is 5.82. The zero-order valence-electron chi connectivity index (χ0n) is 13.6. The molecule has 0 N–H and O–H groups in total. The van der Waals surface area contributed by atoms with Crippen LogP contribution in [0.15, 0.2) is 60.3 Å². The Balaban J connectivity index is 2.16. The van der Waals surface area contributed by atoms with Crippen LogP contribution in [-0.4, -0.2) is 0 Å². The van der Waals surface area contributed by atoms with Crippen LogP contribution < -0.4 is 4.90 Å². The third kappa shape index (κ3) is 2.59. The molecule has 0 unspecified atom stereocenters. The first-order chi connectivity index (χ1) is 10.7. The van der Waals surface area contributed by atoms with Crippen molar-refractivity contribution in [3.05, 3.63) is 77.0 Å². The molecule has 1 heteroatoms. The molecule has 0 radical (unpaired) electrons. The fourth-order valence-electron chi connectivity index (χ4n) is 3.17. The number of hydrogen-bond donors (Lipinski definition) is 0. The van der Waals surface area contributed by atoms with Crippen molar-refractivity contribution in [2.24, 2.45) is 0 Å². The van der Waals surface area contributed by atoms with Crippen LogP contribution in [0.4, 0.5) is 11.4 Å². The Hall–Kier alpha value is -2.28. The number of allylic oxidation sites excluding steroid dienone is 3. The van der Waals surface area contributed by atoms with Crippen LogP contribution in [0.3, 0.4) is 0 Å². The summed E-state index contributed by atoms with van der Waals surface area (Å²) in [4.78, 5) is 2.36. The third-order valence-electron chi connectivity index (χ3n) is 4.49. The molecule has 0 bridgehead atoms. The maximum Gasteiger partial charge on any atom is 0.0490 e. The highest BCUT2D eigenvalue weighted by atomic mass is 15.1. The van der Waals surface area contributed by atoms with Crippen LogP contribution in [-0.2, 0) is 6.42 Å². The van der Waals surface area contributed by atoms with Crippen LogP contribution in [0, 0.1) is 6.92 Å². The van der Waals surface area contributed by atoms with Crippen molar-refractivity contribution in [3.8, 4) is 0 Å². The Morgan fingerprint density at radius 3 is 2.59 bits per heavy atom. The number of rotatable bonds is 3. The fourth-order valence-corrected chi connectivity index (χ4v) is 3.17. The number of nitrogens with zero attached hydrogens (tertiary/aromatic N) is 1. The molecule has 2 aromatic carbocycles. The van der Waals surface area contributed by atoms with Gasteiger partial charge in [0.05, 0.1) is 0 Å². The van der Waals surface area contributed by atoms with E-state index < -0.39 is 0 Å². The third-order valence-corrected chi connectivity index (χ3v) is 4.49. The quantitative estimate of drug-likeness (QED) is 0.668. The summed E-state index contributed by atoms with van der Waals surface area (Å²) in [5, 5.41) is 0. The van der Waals surface area contributed by atoms with Gasteiger partial charge in [-0.3, -0.25) is 0 Å². The van der Waals surface area contributed by atoms with Gasteiger partial charge in [0.25, 0.3) is 0 Å². The summed E-state index contributed by atoms with van der Waals surface area (Å²) in [5.41, 5.74) is 8.01. The largest absolute Gasteiger partial charge is 0.315 e. The van der Waals surface area contributed by atoms with Gasteiger partial charge in [-0.25, -0.2) is 0 Å². The minimum absolute atomic E-state index is 1.14. The molecule has 0 amide bonds. The molecule has 0 aromatic heterocycles. The molecule has 112 valence electrons. The first kappa shape index (κ1) is 14.6. The zero-order chi connectivity index (χ0) is 15.5. The van der Waals surface area contributed by atoms with Crippen LogP contribution in [0.2, 0.25) is 0 Å². The van der Waals surface area contributed by atoms with Crippen molar-refractivity contribution in [2.75, 3.05) is 4.90 Å². The Morgan fingerprint density at radius 2 is 1.86 bits per heavy atom. The summed E-state index contributed by atoms with van der Waals surface area (Å²) in [7, 11) is 0. The average Bonchev–Trinajstić information content (AvgIpc) is 2.58. The summed E-state index contributed by atoms with van der Waals surface area (Å²) >= 11 is 0. The van der Waals surface area contributed by atoms with Crippen molar-refractivity contribution < 1.29 is 0 Å². The average molecular weight is 289 g/mol. The molecule has 22 heavy (non-hydrogen) atoms. The molecule has 0 spiro atoms. The van der Waals surface area contributed by atoms with E-state index in [1.54, 1.807) is 0 Å². The van der Waals surface area contributed by atoms with Crippen LogP contribution in [0.5, 0.6) is 0 Å². The number of anilines is 2. The number of fused-ring (bicyclic) bond motifs is 1. The van der Waals surface area contributed by atoms with E-state index in [9.17, 15) is 0 Å². The van der Waals surface area contributed by atoms with Crippen LogP contribution >= 0.6 is 0 Å². The van der Waals surface area contributed by atoms with Gasteiger partial charge in [-0.05, 0) is 68.5 Å². The SMILES string of the molecule is C/C=C(\C)N(c1ccccc1)c1ccc2c(c1C)CCC=C2. The molecule has 0 aliphatic heterocycles. The predicted molar refractivity (Wildman–Crippen MR) is 96.5 cm³/mol. The van der Waals surface area contributed by atoms with Gasteiger partial charge in [-0.1, -0.05) is 42.5 Å². The lowest BCUT2D eigenvalue weighted by Gasteiger charge is -2.29. The highest BCUT2D eigenvalue weighted by Gasteiger charge is 2.17. The molecule has 0 fully saturated rings.